The molecule has 1 N–H and O–H groups in total. The van der Waals surface area contributed by atoms with Crippen LogP contribution in [0.25, 0.3) is 0 Å². The molecule has 130 valence electrons. The van der Waals surface area contributed by atoms with E-state index in [4.69, 9.17) is 4.74 Å². The number of piperidine rings is 1. The number of aliphatic hydroxyl groups is 1. The van der Waals surface area contributed by atoms with Crippen molar-refractivity contribution >= 4 is 23.4 Å². The van der Waals surface area contributed by atoms with Gasteiger partial charge in [0, 0.05) is 36.9 Å². The lowest BCUT2D eigenvalue weighted by atomic mass is 9.86. The zero-order valence-electron chi connectivity index (χ0n) is 13.8. The Morgan fingerprint density at radius 2 is 2.21 bits per heavy atom. The maximum atomic E-state index is 12.8. The van der Waals surface area contributed by atoms with Crippen LogP contribution in [0.1, 0.15) is 19.3 Å². The number of anilines is 1. The number of para-hydroxylation sites is 1. The van der Waals surface area contributed by atoms with Gasteiger partial charge in [-0.3, -0.25) is 9.69 Å². The van der Waals surface area contributed by atoms with Gasteiger partial charge in [0.15, 0.2) is 0 Å². The normalized spacial score (nSPS) is 30.5. The molecule has 0 bridgehead atoms. The van der Waals surface area contributed by atoms with Crippen LogP contribution in [0.3, 0.4) is 0 Å². The molecule has 2 fully saturated rings. The summed E-state index contributed by atoms with van der Waals surface area (Å²) in [5.74, 6) is 1.06. The monoisotopic (exact) mass is 348 g/mol. The minimum Gasteiger partial charge on any atom is -0.389 e. The molecule has 0 aliphatic carbocycles. The van der Waals surface area contributed by atoms with Crippen molar-refractivity contribution in [3.8, 4) is 0 Å². The highest BCUT2D eigenvalue weighted by Gasteiger charge is 2.45. The third kappa shape index (κ3) is 2.96. The number of benzene rings is 1. The second-order valence-corrected chi connectivity index (χ2v) is 8.02. The van der Waals surface area contributed by atoms with Crippen molar-refractivity contribution in [2.24, 2.45) is 0 Å². The molecule has 3 aliphatic rings. The van der Waals surface area contributed by atoms with Crippen molar-refractivity contribution in [1.82, 2.24) is 4.90 Å². The fraction of sp³-hybridized carbons (Fsp3) is 0.611. The molecular formula is C18H24N2O3S. The maximum absolute atomic E-state index is 12.8. The van der Waals surface area contributed by atoms with E-state index in [2.05, 4.69) is 11.0 Å². The fourth-order valence-electron chi connectivity index (χ4n) is 4.04. The molecule has 5 nitrogen and oxygen atoms in total. The van der Waals surface area contributed by atoms with Crippen molar-refractivity contribution < 1.29 is 14.6 Å². The van der Waals surface area contributed by atoms with Crippen molar-refractivity contribution in [1.29, 1.82) is 0 Å². The van der Waals surface area contributed by atoms with E-state index in [-0.39, 0.29) is 11.5 Å². The highest BCUT2D eigenvalue weighted by atomic mass is 32.2. The van der Waals surface area contributed by atoms with Crippen molar-refractivity contribution in [3.63, 3.8) is 0 Å². The number of hydrogen-bond acceptors (Lipinski definition) is 5. The summed E-state index contributed by atoms with van der Waals surface area (Å²) in [6.45, 7) is 3.21. The van der Waals surface area contributed by atoms with Crippen LogP contribution >= 0.6 is 11.8 Å². The number of β-amino-alcohol motifs (C(OH)–C–C–N with tert-alkyl or cyclic N) is 1. The summed E-state index contributed by atoms with van der Waals surface area (Å²) in [7, 11) is 0. The third-order valence-corrected chi connectivity index (χ3v) is 6.45. The van der Waals surface area contributed by atoms with Crippen LogP contribution in [0.15, 0.2) is 29.2 Å². The summed E-state index contributed by atoms with van der Waals surface area (Å²) in [5.41, 5.74) is 0.667. The zero-order valence-corrected chi connectivity index (χ0v) is 14.6. The number of nitrogens with zero attached hydrogens (tertiary/aromatic N) is 2. The first-order valence-electron chi connectivity index (χ1n) is 8.74. The summed E-state index contributed by atoms with van der Waals surface area (Å²) in [4.78, 5) is 18.0. The topological polar surface area (TPSA) is 53.0 Å². The Hall–Kier alpha value is -1.08. The largest absolute Gasteiger partial charge is 0.389 e. The van der Waals surface area contributed by atoms with Gasteiger partial charge in [-0.25, -0.2) is 0 Å². The second-order valence-electron chi connectivity index (χ2n) is 6.88. The minimum absolute atomic E-state index is 0.123. The van der Waals surface area contributed by atoms with E-state index in [0.717, 1.165) is 50.4 Å². The van der Waals surface area contributed by atoms with Crippen LogP contribution < -0.4 is 4.90 Å². The smallest absolute Gasteiger partial charge is 0.241 e. The van der Waals surface area contributed by atoms with Gasteiger partial charge in [-0.15, -0.1) is 11.8 Å². The average Bonchev–Trinajstić information content (AvgIpc) is 3.08. The van der Waals surface area contributed by atoms with Gasteiger partial charge < -0.3 is 14.7 Å². The van der Waals surface area contributed by atoms with E-state index in [1.807, 2.05) is 23.1 Å². The third-order valence-electron chi connectivity index (χ3n) is 5.41. The lowest BCUT2D eigenvalue weighted by Crippen LogP contribution is -2.57. The van der Waals surface area contributed by atoms with E-state index < -0.39 is 6.10 Å². The van der Waals surface area contributed by atoms with Crippen LogP contribution in [0.2, 0.25) is 0 Å². The second kappa shape index (κ2) is 6.67. The molecule has 3 heterocycles. The fourth-order valence-corrected chi connectivity index (χ4v) is 5.04. The molecule has 4 rings (SSSR count). The van der Waals surface area contributed by atoms with Crippen molar-refractivity contribution in [2.75, 3.05) is 43.4 Å². The van der Waals surface area contributed by atoms with E-state index in [9.17, 15) is 9.90 Å². The standard InChI is InChI=1S/C18H24N2O3S/c21-16-12-19(8-7-18(16)6-3-10-23-18)13-17(22)20-9-11-24-15-5-2-1-4-14(15)20/h1-2,4-5,16,21H,3,6-13H2/t16-,18-/m0/s1. The Bertz CT molecular complexity index is 618. The first-order chi connectivity index (χ1) is 11.7. The Kier molecular flexibility index (Phi) is 4.56. The zero-order chi connectivity index (χ0) is 16.6. The summed E-state index contributed by atoms with van der Waals surface area (Å²) >= 11 is 1.80. The number of rotatable bonds is 2. The molecule has 2 atom stereocenters. The molecule has 0 aromatic heterocycles. The van der Waals surface area contributed by atoms with Crippen LogP contribution in [0, 0.1) is 0 Å². The van der Waals surface area contributed by atoms with Gasteiger partial charge in [-0.05, 0) is 31.4 Å². The molecule has 0 unspecified atom stereocenters. The summed E-state index contributed by atoms with van der Waals surface area (Å²) in [6, 6.07) is 8.09. The number of amides is 1. The maximum Gasteiger partial charge on any atom is 0.241 e. The highest BCUT2D eigenvalue weighted by molar-refractivity contribution is 7.99. The van der Waals surface area contributed by atoms with Gasteiger partial charge in [-0.1, -0.05) is 12.1 Å². The Balaban J connectivity index is 1.41. The predicted octanol–water partition coefficient (Wildman–Crippen LogP) is 1.74. The van der Waals surface area contributed by atoms with Crippen molar-refractivity contribution in [2.45, 2.75) is 35.9 Å². The number of hydrogen-bond donors (Lipinski definition) is 1. The molecule has 2 saturated heterocycles. The molecule has 6 heteroatoms. The van der Waals surface area contributed by atoms with Gasteiger partial charge in [0.1, 0.15) is 0 Å². The summed E-state index contributed by atoms with van der Waals surface area (Å²) < 4.78 is 5.84. The molecule has 3 aliphatic heterocycles. The van der Waals surface area contributed by atoms with Crippen LogP contribution in [-0.2, 0) is 9.53 Å². The molecule has 1 aromatic carbocycles. The molecule has 0 radical (unpaired) electrons. The number of carbonyl (C=O) groups excluding carboxylic acids is 1. The first-order valence-corrected chi connectivity index (χ1v) is 9.73. The van der Waals surface area contributed by atoms with E-state index >= 15 is 0 Å². The molecule has 24 heavy (non-hydrogen) atoms. The van der Waals surface area contributed by atoms with E-state index in [0.29, 0.717) is 13.1 Å². The molecule has 1 aromatic rings. The predicted molar refractivity (Wildman–Crippen MR) is 94.5 cm³/mol. The summed E-state index contributed by atoms with van der Waals surface area (Å²) in [6.07, 6.45) is 2.28. The summed E-state index contributed by atoms with van der Waals surface area (Å²) in [5, 5.41) is 10.5. The Morgan fingerprint density at radius 1 is 1.33 bits per heavy atom. The highest BCUT2D eigenvalue weighted by Crippen LogP contribution is 2.37. The number of fused-ring (bicyclic) bond motifs is 1. The van der Waals surface area contributed by atoms with Crippen LogP contribution in [0.5, 0.6) is 0 Å². The van der Waals surface area contributed by atoms with E-state index in [1.54, 1.807) is 11.8 Å². The molecular weight excluding hydrogens is 324 g/mol. The molecule has 1 amide bonds. The van der Waals surface area contributed by atoms with Crippen LogP contribution in [0.4, 0.5) is 5.69 Å². The van der Waals surface area contributed by atoms with Gasteiger partial charge in [0.05, 0.1) is 23.9 Å². The van der Waals surface area contributed by atoms with E-state index in [1.165, 1.54) is 4.90 Å². The number of carbonyl (C=O) groups is 1. The average molecular weight is 348 g/mol. The lowest BCUT2D eigenvalue weighted by molar-refractivity contribution is -0.136. The Morgan fingerprint density at radius 3 is 3.00 bits per heavy atom. The van der Waals surface area contributed by atoms with Gasteiger partial charge >= 0.3 is 0 Å². The van der Waals surface area contributed by atoms with Gasteiger partial charge in [-0.2, -0.15) is 0 Å². The Labute approximate surface area is 147 Å². The lowest BCUT2D eigenvalue weighted by Gasteiger charge is -2.42. The number of thioether (sulfide) groups is 1. The molecule has 0 saturated carbocycles. The van der Waals surface area contributed by atoms with Crippen LogP contribution in [-0.4, -0.2) is 66.2 Å². The number of likely N-dealkylation sites (tertiary alicyclic amines) is 1. The molecule has 1 spiro atoms. The number of aliphatic hydroxyl groups excluding tert-OH is 1. The SMILES string of the molecule is O=C(CN1CC[C@@]2(CCCO2)[C@@H](O)C1)N1CCSc2ccccc21. The minimum atomic E-state index is -0.495. The quantitative estimate of drug-likeness (QED) is 0.882. The number of ether oxygens (including phenoxy) is 1. The van der Waals surface area contributed by atoms with Gasteiger partial charge in [0.2, 0.25) is 5.91 Å². The first kappa shape index (κ1) is 16.4. The van der Waals surface area contributed by atoms with Gasteiger partial charge in [0.25, 0.3) is 0 Å². The van der Waals surface area contributed by atoms with Crippen molar-refractivity contribution in [3.05, 3.63) is 24.3 Å².